The summed E-state index contributed by atoms with van der Waals surface area (Å²) in [5.74, 6) is 0. The van der Waals surface area contributed by atoms with Crippen LogP contribution in [0.4, 0.5) is 5.69 Å². The molecule has 1 aliphatic rings. The summed E-state index contributed by atoms with van der Waals surface area (Å²) >= 11 is 6.17. The third-order valence-electron chi connectivity index (χ3n) is 2.46. The molecule has 0 radical (unpaired) electrons. The van der Waals surface area contributed by atoms with Gasteiger partial charge in [0, 0.05) is 6.42 Å². The van der Waals surface area contributed by atoms with Crippen molar-refractivity contribution in [2.45, 2.75) is 6.42 Å². The minimum atomic E-state index is -0.436. The molecule has 0 aliphatic carbocycles. The minimum Gasteiger partial charge on any atom is -0.409 e. The summed E-state index contributed by atoms with van der Waals surface area (Å²) in [5.41, 5.74) is 1.27. The molecule has 0 atom stereocenters. The molecule has 2 rings (SSSR count). The van der Waals surface area contributed by atoms with E-state index in [0.29, 0.717) is 12.4 Å². The Morgan fingerprint density at radius 1 is 1.41 bits per heavy atom. The van der Waals surface area contributed by atoms with Crippen molar-refractivity contribution in [2.24, 2.45) is 0 Å². The fourth-order valence-corrected chi connectivity index (χ4v) is 1.82. The van der Waals surface area contributed by atoms with E-state index in [9.17, 15) is 10.1 Å². The van der Waals surface area contributed by atoms with Crippen molar-refractivity contribution in [1.82, 2.24) is 0 Å². The molecule has 92 valence electrons. The van der Waals surface area contributed by atoms with E-state index in [-0.39, 0.29) is 5.69 Å². The number of nitrogens with zero attached hydrogens (tertiary/aromatic N) is 1. The topological polar surface area (TPSA) is 55.1 Å². The summed E-state index contributed by atoms with van der Waals surface area (Å²) in [4.78, 5) is 10.1. The fraction of sp³-hybridized carbons (Fsp3) is 0.364. The van der Waals surface area contributed by atoms with Gasteiger partial charge >= 0.3 is 0 Å². The van der Waals surface area contributed by atoms with Crippen molar-refractivity contribution in [3.05, 3.63) is 45.5 Å². The highest BCUT2D eigenvalue weighted by molar-refractivity contribution is 6.28. The van der Waals surface area contributed by atoms with Gasteiger partial charge in [-0.3, -0.25) is 10.1 Å². The lowest BCUT2D eigenvalue weighted by atomic mass is 10.2. The predicted molar refractivity (Wildman–Crippen MR) is 62.7 cm³/mol. The summed E-state index contributed by atoms with van der Waals surface area (Å²) in [5, 5.41) is 10.5. The Bertz CT molecular complexity index is 389. The monoisotopic (exact) mass is 257 g/mol. The summed E-state index contributed by atoms with van der Waals surface area (Å²) in [6.45, 7) is 1.87. The van der Waals surface area contributed by atoms with Gasteiger partial charge in [0.25, 0.3) is 6.79 Å². The van der Waals surface area contributed by atoms with Gasteiger partial charge in [-0.15, -0.1) is 12.1 Å². The second-order valence-corrected chi connectivity index (χ2v) is 4.00. The zero-order valence-corrected chi connectivity index (χ0v) is 9.85. The predicted octanol–water partition coefficient (Wildman–Crippen LogP) is 2.60. The average Bonchev–Trinajstić information content (AvgIpc) is 2.39. The quantitative estimate of drug-likeness (QED) is 0.362. The third kappa shape index (κ3) is 2.88. The molecule has 17 heavy (non-hydrogen) atoms. The Balaban J connectivity index is 2.07. The van der Waals surface area contributed by atoms with Gasteiger partial charge in [-0.1, -0.05) is 17.2 Å². The van der Waals surface area contributed by atoms with Crippen LogP contribution in [-0.2, 0) is 9.10 Å². The molecule has 0 bridgehead atoms. The second kappa shape index (κ2) is 5.35. The molecule has 0 aromatic heterocycles. The molecule has 1 aromatic rings. The number of benzene rings is 1. The molecule has 0 unspecified atom stereocenters. The van der Waals surface area contributed by atoms with Gasteiger partial charge in [-0.25, -0.2) is 0 Å². The maximum atomic E-state index is 10.5. The van der Waals surface area contributed by atoms with Crippen molar-refractivity contribution in [3.8, 4) is 0 Å². The van der Waals surface area contributed by atoms with E-state index in [0.717, 1.165) is 25.2 Å². The molecule has 0 N–H and O–H groups in total. The molecule has 1 heterocycles. The molecular formula is C11H12ClNO4. The number of nitro benzene ring substituents is 1. The minimum absolute atomic E-state index is 0.0538. The first-order valence-corrected chi connectivity index (χ1v) is 5.59. The van der Waals surface area contributed by atoms with E-state index in [4.69, 9.17) is 16.3 Å². The number of non-ortho nitro benzene ring substituents is 1. The lowest BCUT2D eigenvalue weighted by Gasteiger charge is -2.30. The van der Waals surface area contributed by atoms with Crippen LogP contribution in [0.5, 0.6) is 0 Å². The van der Waals surface area contributed by atoms with Gasteiger partial charge in [-0.2, -0.15) is 0 Å². The first kappa shape index (κ1) is 12.2. The lowest BCUT2D eigenvalue weighted by molar-refractivity contribution is -0.384. The van der Waals surface area contributed by atoms with Crippen LogP contribution in [-0.4, -0.2) is 24.9 Å². The molecule has 0 amide bonds. The molecule has 1 aliphatic heterocycles. The summed E-state index contributed by atoms with van der Waals surface area (Å²) < 4.78 is 8.02. The number of nitro groups is 1. The van der Waals surface area contributed by atoms with Crippen LogP contribution in [0.25, 0.3) is 0 Å². The van der Waals surface area contributed by atoms with E-state index in [2.05, 4.69) is 4.37 Å². The molecule has 1 fully saturated rings. The first-order valence-electron chi connectivity index (χ1n) is 5.21. The van der Waals surface area contributed by atoms with Crippen LogP contribution >= 0.6 is 11.6 Å². The fourth-order valence-electron chi connectivity index (χ4n) is 1.58. The highest BCUT2D eigenvalue weighted by Gasteiger charge is 2.21. The summed E-state index contributed by atoms with van der Waals surface area (Å²) in [6.07, 6.45) is 0.897. The van der Waals surface area contributed by atoms with Crippen LogP contribution in [0, 0.1) is 15.7 Å². The Labute approximate surface area is 104 Å². The highest BCUT2D eigenvalue weighted by atomic mass is 35.5. The number of hydrogen-bond acceptors (Lipinski definition) is 3. The van der Waals surface area contributed by atoms with Crippen LogP contribution in [0.15, 0.2) is 24.3 Å². The van der Waals surface area contributed by atoms with Gasteiger partial charge < -0.3 is 9.10 Å². The van der Waals surface area contributed by atoms with Crippen LogP contribution in [0.3, 0.4) is 0 Å². The Morgan fingerprint density at radius 3 is 2.65 bits per heavy atom. The smallest absolute Gasteiger partial charge is 0.251 e. The Hall–Kier alpha value is -1.30. The molecule has 0 saturated carbocycles. The SMILES string of the molecule is O=[N+]([O-])c1ccc([C-](Cl)[O+]2CCCOC2)cc1. The van der Waals surface area contributed by atoms with E-state index in [1.165, 1.54) is 12.1 Å². The van der Waals surface area contributed by atoms with E-state index in [1.54, 1.807) is 12.1 Å². The number of rotatable bonds is 3. The lowest BCUT2D eigenvalue weighted by Crippen LogP contribution is -2.27. The van der Waals surface area contributed by atoms with E-state index in [1.807, 2.05) is 0 Å². The zero-order chi connectivity index (χ0) is 12.3. The second-order valence-electron chi connectivity index (χ2n) is 3.65. The van der Waals surface area contributed by atoms with Crippen molar-refractivity contribution in [3.63, 3.8) is 0 Å². The molecule has 0 spiro atoms. The maximum Gasteiger partial charge on any atom is 0.251 e. The molecule has 6 heteroatoms. The van der Waals surface area contributed by atoms with Crippen molar-refractivity contribution < 1.29 is 14.0 Å². The van der Waals surface area contributed by atoms with Gasteiger partial charge in [0.15, 0.2) is 5.56 Å². The van der Waals surface area contributed by atoms with Crippen LogP contribution in [0.2, 0.25) is 0 Å². The Kier molecular flexibility index (Phi) is 3.83. The molecule has 5 nitrogen and oxygen atoms in total. The van der Waals surface area contributed by atoms with Crippen molar-refractivity contribution in [1.29, 1.82) is 0 Å². The maximum absolute atomic E-state index is 10.5. The average molecular weight is 258 g/mol. The third-order valence-corrected chi connectivity index (χ3v) is 2.90. The van der Waals surface area contributed by atoms with Gasteiger partial charge in [0.05, 0.1) is 11.5 Å². The number of halogens is 1. The first-order chi connectivity index (χ1) is 8.18. The van der Waals surface area contributed by atoms with Gasteiger partial charge in [-0.05, 0) is 12.1 Å². The standard InChI is InChI=1S/C11H12ClNO4/c12-11(17-7-1-6-16-8-17)9-2-4-10(5-3-9)13(14)15/h2-5H,1,6-8H2. The van der Waals surface area contributed by atoms with Gasteiger partial charge in [0.1, 0.15) is 6.61 Å². The molecule has 1 aromatic carbocycles. The van der Waals surface area contributed by atoms with E-state index >= 15 is 0 Å². The normalized spacial score (nSPS) is 16.8. The molecular weight excluding hydrogens is 246 g/mol. The van der Waals surface area contributed by atoms with Gasteiger partial charge in [0.2, 0.25) is 5.69 Å². The Morgan fingerprint density at radius 2 is 2.12 bits per heavy atom. The van der Waals surface area contributed by atoms with E-state index < -0.39 is 4.92 Å². The number of hydrogen-bond donors (Lipinski definition) is 0. The van der Waals surface area contributed by atoms with Crippen LogP contribution in [0.1, 0.15) is 12.0 Å². The summed E-state index contributed by atoms with van der Waals surface area (Å²) in [7, 11) is 0. The summed E-state index contributed by atoms with van der Waals surface area (Å²) in [6, 6.07) is 6.12. The largest absolute Gasteiger partial charge is 0.409 e. The number of ether oxygens (including phenoxy) is 1. The molecule has 1 saturated heterocycles. The zero-order valence-electron chi connectivity index (χ0n) is 9.10. The van der Waals surface area contributed by atoms with Crippen molar-refractivity contribution in [2.75, 3.05) is 20.0 Å². The highest BCUT2D eigenvalue weighted by Crippen LogP contribution is 2.30. The van der Waals surface area contributed by atoms with Crippen LogP contribution < -0.4 is 0 Å². The van der Waals surface area contributed by atoms with Crippen molar-refractivity contribution >= 4 is 17.3 Å².